The molecule has 0 unspecified atom stereocenters. The van der Waals surface area contributed by atoms with Crippen molar-refractivity contribution in [3.63, 3.8) is 0 Å². The van der Waals surface area contributed by atoms with Gasteiger partial charge in [-0.1, -0.05) is 19.1 Å². The van der Waals surface area contributed by atoms with Gasteiger partial charge in [-0.05, 0) is 31.2 Å². The van der Waals surface area contributed by atoms with E-state index in [1.54, 1.807) is 38.0 Å². The lowest BCUT2D eigenvalue weighted by molar-refractivity contribution is -0.132. The summed E-state index contributed by atoms with van der Waals surface area (Å²) in [6.07, 6.45) is 0.280. The zero-order valence-electron chi connectivity index (χ0n) is 17.7. The number of pyridine rings is 1. The van der Waals surface area contributed by atoms with E-state index in [2.05, 4.69) is 10.2 Å². The smallest absolute Gasteiger partial charge is 0.274 e. The van der Waals surface area contributed by atoms with Gasteiger partial charge in [-0.2, -0.15) is 0 Å². The van der Waals surface area contributed by atoms with Crippen LogP contribution in [-0.2, 0) is 16.1 Å². The Kier molecular flexibility index (Phi) is 6.76. The molecule has 2 amide bonds. The minimum atomic E-state index is -0.363. The first-order chi connectivity index (χ1) is 14.4. The third kappa shape index (κ3) is 4.64. The fraction of sp³-hybridized carbons (Fsp3) is 0.409. The highest BCUT2D eigenvalue weighted by Crippen LogP contribution is 2.28. The lowest BCUT2D eigenvalue weighted by Crippen LogP contribution is -2.50. The summed E-state index contributed by atoms with van der Waals surface area (Å²) in [4.78, 5) is 41.2. The lowest BCUT2D eigenvalue weighted by Gasteiger charge is -2.36. The number of anilines is 2. The molecule has 30 heavy (non-hydrogen) atoms. The van der Waals surface area contributed by atoms with Gasteiger partial charge in [-0.3, -0.25) is 14.4 Å². The molecule has 2 aromatic rings. The van der Waals surface area contributed by atoms with Crippen LogP contribution in [0.15, 0.2) is 41.2 Å². The molecule has 8 heteroatoms. The second kappa shape index (κ2) is 9.47. The predicted molar refractivity (Wildman–Crippen MR) is 116 cm³/mol. The Balaban J connectivity index is 1.67. The number of rotatable bonds is 6. The third-order valence-electron chi connectivity index (χ3n) is 5.34. The number of piperazine rings is 1. The van der Waals surface area contributed by atoms with E-state index >= 15 is 0 Å². The minimum absolute atomic E-state index is 0.0465. The summed E-state index contributed by atoms with van der Waals surface area (Å²) in [6.45, 7) is 5.96. The number of aromatic nitrogens is 1. The summed E-state index contributed by atoms with van der Waals surface area (Å²) >= 11 is 0. The largest absolute Gasteiger partial charge is 0.495 e. The molecule has 1 fully saturated rings. The number of nitrogens with zero attached hydrogens (tertiary/aromatic N) is 3. The van der Waals surface area contributed by atoms with E-state index in [0.717, 1.165) is 11.4 Å². The monoisotopic (exact) mass is 412 g/mol. The van der Waals surface area contributed by atoms with Crippen molar-refractivity contribution in [3.05, 3.63) is 52.4 Å². The quantitative estimate of drug-likeness (QED) is 0.783. The molecule has 1 N–H and O–H groups in total. The highest BCUT2D eigenvalue weighted by molar-refractivity contribution is 5.90. The number of hydrogen-bond acceptors (Lipinski definition) is 5. The zero-order chi connectivity index (χ0) is 21.7. The molecular weight excluding hydrogens is 384 g/mol. The molecule has 1 aromatic carbocycles. The van der Waals surface area contributed by atoms with E-state index in [4.69, 9.17) is 4.74 Å². The summed E-state index contributed by atoms with van der Waals surface area (Å²) in [5, 5.41) is 2.60. The first kappa shape index (κ1) is 21.4. The van der Waals surface area contributed by atoms with Gasteiger partial charge in [-0.15, -0.1) is 0 Å². The minimum Gasteiger partial charge on any atom is -0.495 e. The van der Waals surface area contributed by atoms with Crippen molar-refractivity contribution in [2.24, 2.45) is 0 Å². The van der Waals surface area contributed by atoms with Gasteiger partial charge in [0.1, 0.15) is 18.0 Å². The standard InChI is InChI=1S/C22H28N4O4/c1-4-20(27)23-17-10-9-16(2)26(22(17)29)15-21(28)25-13-11-24(12-14-25)18-7-5-6-8-19(18)30-3/h5-10H,4,11-15H2,1-3H3,(H,23,27). The molecule has 160 valence electrons. The Hall–Kier alpha value is -3.29. The Morgan fingerprint density at radius 2 is 1.77 bits per heavy atom. The second-order valence-corrected chi connectivity index (χ2v) is 7.22. The topological polar surface area (TPSA) is 83.9 Å². The molecular formula is C22H28N4O4. The van der Waals surface area contributed by atoms with E-state index in [0.29, 0.717) is 31.9 Å². The van der Waals surface area contributed by atoms with Crippen LogP contribution in [-0.4, -0.2) is 54.6 Å². The predicted octanol–water partition coefficient (Wildman–Crippen LogP) is 1.86. The molecule has 1 saturated heterocycles. The molecule has 1 aliphatic rings. The highest BCUT2D eigenvalue weighted by atomic mass is 16.5. The van der Waals surface area contributed by atoms with Crippen LogP contribution >= 0.6 is 0 Å². The van der Waals surface area contributed by atoms with E-state index < -0.39 is 0 Å². The number of carbonyl (C=O) groups is 2. The van der Waals surface area contributed by atoms with E-state index in [1.165, 1.54) is 4.57 Å². The molecule has 0 bridgehead atoms. The van der Waals surface area contributed by atoms with Gasteiger partial charge in [0.25, 0.3) is 5.56 Å². The number of nitrogens with one attached hydrogen (secondary N) is 1. The molecule has 0 radical (unpaired) electrons. The summed E-state index contributed by atoms with van der Waals surface area (Å²) in [5.41, 5.74) is 1.52. The van der Waals surface area contributed by atoms with Crippen molar-refractivity contribution in [3.8, 4) is 5.75 Å². The van der Waals surface area contributed by atoms with Gasteiger partial charge in [0.05, 0.1) is 12.8 Å². The molecule has 3 rings (SSSR count). The van der Waals surface area contributed by atoms with Crippen LogP contribution in [0.4, 0.5) is 11.4 Å². The maximum absolute atomic E-state index is 12.9. The third-order valence-corrected chi connectivity index (χ3v) is 5.34. The number of aryl methyl sites for hydroxylation is 1. The van der Waals surface area contributed by atoms with Gasteiger partial charge in [0, 0.05) is 38.3 Å². The average molecular weight is 412 g/mol. The van der Waals surface area contributed by atoms with Crippen LogP contribution in [0.1, 0.15) is 19.0 Å². The highest BCUT2D eigenvalue weighted by Gasteiger charge is 2.23. The Labute approximate surface area is 176 Å². The van der Waals surface area contributed by atoms with Crippen molar-refractivity contribution in [2.45, 2.75) is 26.8 Å². The number of hydrogen-bond donors (Lipinski definition) is 1. The van der Waals surface area contributed by atoms with E-state index in [1.807, 2.05) is 24.3 Å². The molecule has 0 atom stereocenters. The van der Waals surface area contributed by atoms with E-state index in [9.17, 15) is 14.4 Å². The number of carbonyl (C=O) groups excluding carboxylic acids is 2. The fourth-order valence-corrected chi connectivity index (χ4v) is 3.52. The van der Waals surface area contributed by atoms with Crippen molar-refractivity contribution in [1.29, 1.82) is 0 Å². The number of para-hydroxylation sites is 2. The molecule has 2 heterocycles. The maximum atomic E-state index is 12.9. The average Bonchev–Trinajstić information content (AvgIpc) is 2.78. The number of ether oxygens (including phenoxy) is 1. The van der Waals surface area contributed by atoms with Crippen LogP contribution in [0.25, 0.3) is 0 Å². The van der Waals surface area contributed by atoms with Crippen molar-refractivity contribution < 1.29 is 14.3 Å². The second-order valence-electron chi connectivity index (χ2n) is 7.22. The van der Waals surface area contributed by atoms with Gasteiger partial charge >= 0.3 is 0 Å². The van der Waals surface area contributed by atoms with E-state index in [-0.39, 0.29) is 36.0 Å². The fourth-order valence-electron chi connectivity index (χ4n) is 3.52. The van der Waals surface area contributed by atoms with Gasteiger partial charge in [-0.25, -0.2) is 0 Å². The van der Waals surface area contributed by atoms with Crippen LogP contribution in [0.3, 0.4) is 0 Å². The van der Waals surface area contributed by atoms with Gasteiger partial charge < -0.3 is 24.4 Å². The molecule has 0 saturated carbocycles. The Morgan fingerprint density at radius 1 is 1.07 bits per heavy atom. The summed E-state index contributed by atoms with van der Waals surface area (Å²) in [6, 6.07) is 11.1. The molecule has 1 aromatic heterocycles. The molecule has 0 spiro atoms. The SMILES string of the molecule is CCC(=O)Nc1ccc(C)n(CC(=O)N2CCN(c3ccccc3OC)CC2)c1=O. The summed E-state index contributed by atoms with van der Waals surface area (Å²) in [7, 11) is 1.65. The van der Waals surface area contributed by atoms with Crippen LogP contribution in [0.2, 0.25) is 0 Å². The lowest BCUT2D eigenvalue weighted by atomic mass is 10.2. The van der Waals surface area contributed by atoms with Crippen molar-refractivity contribution in [2.75, 3.05) is 43.5 Å². The van der Waals surface area contributed by atoms with Crippen LogP contribution < -0.4 is 20.5 Å². The Bertz CT molecular complexity index is 977. The van der Waals surface area contributed by atoms with Crippen LogP contribution in [0.5, 0.6) is 5.75 Å². The maximum Gasteiger partial charge on any atom is 0.274 e. The van der Waals surface area contributed by atoms with Crippen molar-refractivity contribution >= 4 is 23.2 Å². The normalized spacial score (nSPS) is 13.8. The van der Waals surface area contributed by atoms with Gasteiger partial charge in [0.15, 0.2) is 0 Å². The van der Waals surface area contributed by atoms with Crippen molar-refractivity contribution in [1.82, 2.24) is 9.47 Å². The molecule has 0 aliphatic carbocycles. The summed E-state index contributed by atoms with van der Waals surface area (Å²) in [5.74, 6) is 0.463. The summed E-state index contributed by atoms with van der Waals surface area (Å²) < 4.78 is 6.85. The molecule has 1 aliphatic heterocycles. The number of benzene rings is 1. The Morgan fingerprint density at radius 3 is 2.43 bits per heavy atom. The zero-order valence-corrected chi connectivity index (χ0v) is 17.7. The van der Waals surface area contributed by atoms with Crippen LogP contribution in [0, 0.1) is 6.92 Å². The number of amides is 2. The number of methoxy groups -OCH3 is 1. The van der Waals surface area contributed by atoms with Gasteiger partial charge in [0.2, 0.25) is 11.8 Å². The first-order valence-electron chi connectivity index (χ1n) is 10.1. The molecule has 8 nitrogen and oxygen atoms in total. The first-order valence-corrected chi connectivity index (χ1v) is 10.1.